The maximum absolute atomic E-state index is 6.15. The molecule has 5 nitrogen and oxygen atoms in total. The van der Waals surface area contributed by atoms with Crippen LogP contribution in [0.15, 0.2) is 0 Å². The summed E-state index contributed by atoms with van der Waals surface area (Å²) in [6.45, 7) is 7.31. The third-order valence-electron chi connectivity index (χ3n) is 5.58. The van der Waals surface area contributed by atoms with E-state index in [0.717, 1.165) is 44.5 Å². The van der Waals surface area contributed by atoms with Crippen molar-refractivity contribution in [3.05, 3.63) is 11.6 Å². The van der Waals surface area contributed by atoms with Crippen LogP contribution in [0.5, 0.6) is 0 Å². The quantitative estimate of drug-likeness (QED) is 0.838. The molecule has 2 atom stereocenters. The van der Waals surface area contributed by atoms with E-state index in [2.05, 4.69) is 26.6 Å². The molecule has 2 heterocycles. The molecule has 2 saturated carbocycles. The number of fused-ring (bicyclic) bond motifs is 1. The highest BCUT2D eigenvalue weighted by molar-refractivity contribution is 5.09. The van der Waals surface area contributed by atoms with Gasteiger partial charge in [-0.1, -0.05) is 19.8 Å². The van der Waals surface area contributed by atoms with Crippen LogP contribution in [0.25, 0.3) is 0 Å². The topological polar surface area (TPSA) is 43.2 Å². The van der Waals surface area contributed by atoms with Gasteiger partial charge in [-0.3, -0.25) is 4.90 Å². The predicted octanol–water partition coefficient (Wildman–Crippen LogP) is 2.57. The van der Waals surface area contributed by atoms with Gasteiger partial charge in [-0.15, -0.1) is 10.2 Å². The average Bonchev–Trinajstić information content (AvgIpc) is 3.29. The van der Waals surface area contributed by atoms with Crippen molar-refractivity contribution in [3.8, 4) is 0 Å². The van der Waals surface area contributed by atoms with E-state index in [-0.39, 0.29) is 0 Å². The SMILES string of the molecule is C[C@H]1CCCC[C@@H]1OCCN1CCn2c(nnc2C2CC2)C1. The van der Waals surface area contributed by atoms with Crippen LogP contribution in [-0.2, 0) is 17.8 Å². The Labute approximate surface area is 133 Å². The van der Waals surface area contributed by atoms with E-state index in [0.29, 0.717) is 12.0 Å². The van der Waals surface area contributed by atoms with Crippen LogP contribution in [0.4, 0.5) is 0 Å². The number of aromatic nitrogens is 3. The Morgan fingerprint density at radius 3 is 2.77 bits per heavy atom. The number of hydrogen-bond acceptors (Lipinski definition) is 4. The molecule has 22 heavy (non-hydrogen) atoms. The van der Waals surface area contributed by atoms with E-state index in [1.165, 1.54) is 44.3 Å². The molecule has 0 N–H and O–H groups in total. The van der Waals surface area contributed by atoms with E-state index in [1.54, 1.807) is 0 Å². The van der Waals surface area contributed by atoms with Crippen LogP contribution < -0.4 is 0 Å². The first-order chi connectivity index (χ1) is 10.8. The minimum absolute atomic E-state index is 0.490. The maximum Gasteiger partial charge on any atom is 0.147 e. The van der Waals surface area contributed by atoms with Gasteiger partial charge in [0.25, 0.3) is 0 Å². The van der Waals surface area contributed by atoms with Gasteiger partial charge in [0.15, 0.2) is 0 Å². The second kappa shape index (κ2) is 6.28. The molecule has 3 aliphatic rings. The van der Waals surface area contributed by atoms with Gasteiger partial charge in [0.1, 0.15) is 11.6 Å². The van der Waals surface area contributed by atoms with Crippen LogP contribution in [-0.4, -0.2) is 45.5 Å². The standard InChI is InChI=1S/C17H28N4O/c1-13-4-2-3-5-15(13)22-11-10-20-8-9-21-16(12-20)18-19-17(21)14-6-7-14/h13-15H,2-12H2,1H3/t13-,15-/m0/s1. The van der Waals surface area contributed by atoms with Gasteiger partial charge in [0.2, 0.25) is 0 Å². The first kappa shape index (κ1) is 14.6. The van der Waals surface area contributed by atoms with Gasteiger partial charge in [-0.05, 0) is 31.6 Å². The van der Waals surface area contributed by atoms with Crippen molar-refractivity contribution >= 4 is 0 Å². The van der Waals surface area contributed by atoms with E-state index < -0.39 is 0 Å². The summed E-state index contributed by atoms with van der Waals surface area (Å²) in [5, 5.41) is 8.82. The summed E-state index contributed by atoms with van der Waals surface area (Å²) in [7, 11) is 0. The Balaban J connectivity index is 1.26. The van der Waals surface area contributed by atoms with Crippen molar-refractivity contribution in [2.24, 2.45) is 5.92 Å². The largest absolute Gasteiger partial charge is 0.377 e. The molecule has 122 valence electrons. The van der Waals surface area contributed by atoms with Crippen LogP contribution >= 0.6 is 0 Å². The molecule has 1 aromatic heterocycles. The normalized spacial score (nSPS) is 29.5. The van der Waals surface area contributed by atoms with Crippen molar-refractivity contribution < 1.29 is 4.74 Å². The molecule has 0 bridgehead atoms. The molecule has 2 fully saturated rings. The van der Waals surface area contributed by atoms with Gasteiger partial charge >= 0.3 is 0 Å². The molecular weight excluding hydrogens is 276 g/mol. The smallest absolute Gasteiger partial charge is 0.147 e. The fourth-order valence-electron chi connectivity index (χ4n) is 3.93. The second-order valence-corrected chi connectivity index (χ2v) is 7.35. The van der Waals surface area contributed by atoms with Gasteiger partial charge in [0, 0.05) is 25.6 Å². The number of ether oxygens (including phenoxy) is 1. The molecule has 0 saturated heterocycles. The van der Waals surface area contributed by atoms with E-state index in [4.69, 9.17) is 4.74 Å². The lowest BCUT2D eigenvalue weighted by molar-refractivity contribution is -0.0161. The van der Waals surface area contributed by atoms with Crippen molar-refractivity contribution in [3.63, 3.8) is 0 Å². The summed E-state index contributed by atoms with van der Waals surface area (Å²) in [5.74, 6) is 3.82. The molecular formula is C17H28N4O. The van der Waals surface area contributed by atoms with Crippen LogP contribution in [0.3, 0.4) is 0 Å². The minimum Gasteiger partial charge on any atom is -0.377 e. The predicted molar refractivity (Wildman–Crippen MR) is 84.6 cm³/mol. The fourth-order valence-corrected chi connectivity index (χ4v) is 3.93. The summed E-state index contributed by atoms with van der Waals surface area (Å²) in [4.78, 5) is 2.47. The van der Waals surface area contributed by atoms with Crippen LogP contribution in [0.1, 0.15) is 63.0 Å². The van der Waals surface area contributed by atoms with Gasteiger partial charge in [-0.25, -0.2) is 0 Å². The number of rotatable bonds is 5. The van der Waals surface area contributed by atoms with Crippen molar-refractivity contribution in [2.45, 2.75) is 70.6 Å². The average molecular weight is 304 g/mol. The molecule has 2 aliphatic carbocycles. The first-order valence-electron chi connectivity index (χ1n) is 9.07. The molecule has 0 aromatic carbocycles. The number of nitrogens with zero attached hydrogens (tertiary/aromatic N) is 4. The Bertz CT molecular complexity index is 511. The molecule has 0 unspecified atom stereocenters. The summed E-state index contributed by atoms with van der Waals surface area (Å²) < 4.78 is 8.51. The monoisotopic (exact) mass is 304 g/mol. The summed E-state index contributed by atoms with van der Waals surface area (Å²) in [5.41, 5.74) is 0. The molecule has 1 aromatic rings. The van der Waals surface area contributed by atoms with Gasteiger partial charge in [-0.2, -0.15) is 0 Å². The molecule has 1 aliphatic heterocycles. The molecule has 0 radical (unpaired) electrons. The molecule has 5 heteroatoms. The highest BCUT2D eigenvalue weighted by Gasteiger charge is 2.32. The molecule has 0 amide bonds. The zero-order valence-electron chi connectivity index (χ0n) is 13.7. The van der Waals surface area contributed by atoms with Gasteiger partial charge in [0.05, 0.1) is 19.3 Å². The molecule has 4 rings (SSSR count). The highest BCUT2D eigenvalue weighted by atomic mass is 16.5. The van der Waals surface area contributed by atoms with Crippen molar-refractivity contribution in [2.75, 3.05) is 19.7 Å². The summed E-state index contributed by atoms with van der Waals surface area (Å²) >= 11 is 0. The third-order valence-corrected chi connectivity index (χ3v) is 5.58. The van der Waals surface area contributed by atoms with E-state index in [9.17, 15) is 0 Å². The maximum atomic E-state index is 6.15. The van der Waals surface area contributed by atoms with Crippen LogP contribution in [0, 0.1) is 5.92 Å². The lowest BCUT2D eigenvalue weighted by Crippen LogP contribution is -2.37. The lowest BCUT2D eigenvalue weighted by Gasteiger charge is -2.31. The zero-order valence-corrected chi connectivity index (χ0v) is 13.7. The summed E-state index contributed by atoms with van der Waals surface area (Å²) in [6.07, 6.45) is 8.40. The second-order valence-electron chi connectivity index (χ2n) is 7.35. The summed E-state index contributed by atoms with van der Waals surface area (Å²) in [6, 6.07) is 0. The van der Waals surface area contributed by atoms with Crippen LogP contribution in [0.2, 0.25) is 0 Å². The fraction of sp³-hybridized carbons (Fsp3) is 0.882. The Kier molecular flexibility index (Phi) is 4.18. The third kappa shape index (κ3) is 3.06. The Hall–Kier alpha value is -0.940. The Morgan fingerprint density at radius 2 is 1.95 bits per heavy atom. The van der Waals surface area contributed by atoms with E-state index >= 15 is 0 Å². The minimum atomic E-state index is 0.490. The lowest BCUT2D eigenvalue weighted by atomic mass is 9.88. The molecule has 0 spiro atoms. The highest BCUT2D eigenvalue weighted by Crippen LogP contribution is 2.39. The Morgan fingerprint density at radius 1 is 1.09 bits per heavy atom. The van der Waals surface area contributed by atoms with Crippen molar-refractivity contribution in [1.82, 2.24) is 19.7 Å². The van der Waals surface area contributed by atoms with Crippen molar-refractivity contribution in [1.29, 1.82) is 0 Å². The first-order valence-corrected chi connectivity index (χ1v) is 9.07. The zero-order chi connectivity index (χ0) is 14.9. The van der Waals surface area contributed by atoms with E-state index in [1.807, 2.05) is 0 Å². The number of hydrogen-bond donors (Lipinski definition) is 0. The van der Waals surface area contributed by atoms with Gasteiger partial charge < -0.3 is 9.30 Å².